The maximum atomic E-state index is 10.7. The van der Waals surface area contributed by atoms with Crippen LogP contribution in [0.3, 0.4) is 0 Å². The summed E-state index contributed by atoms with van der Waals surface area (Å²) in [4.78, 5) is 14.9. The van der Waals surface area contributed by atoms with Crippen molar-refractivity contribution >= 4 is 17.1 Å². The lowest BCUT2D eigenvalue weighted by molar-refractivity contribution is -0.383. The van der Waals surface area contributed by atoms with Gasteiger partial charge in [0.05, 0.1) is 4.92 Å². The molecular formula is C13H21N5O2. The molecule has 0 aromatic heterocycles. The van der Waals surface area contributed by atoms with E-state index in [4.69, 9.17) is 5.73 Å². The highest BCUT2D eigenvalue weighted by Crippen LogP contribution is 2.24. The highest BCUT2D eigenvalue weighted by molar-refractivity contribution is 5.65. The third-order valence-corrected chi connectivity index (χ3v) is 3.58. The Balaban J connectivity index is 1.79. The summed E-state index contributed by atoms with van der Waals surface area (Å²) in [6.45, 7) is 6.14. The van der Waals surface area contributed by atoms with Gasteiger partial charge in [-0.2, -0.15) is 0 Å². The fraction of sp³-hybridized carbons (Fsp3) is 0.538. The second-order valence-corrected chi connectivity index (χ2v) is 5.10. The zero-order chi connectivity index (χ0) is 14.5. The normalized spacial score (nSPS) is 17.1. The first-order chi connectivity index (χ1) is 9.56. The predicted molar refractivity (Wildman–Crippen MR) is 79.9 cm³/mol. The van der Waals surface area contributed by atoms with Gasteiger partial charge in [-0.25, -0.2) is 0 Å². The van der Waals surface area contributed by atoms with Gasteiger partial charge < -0.3 is 16.0 Å². The lowest BCUT2D eigenvalue weighted by atomic mass is 10.2. The molecule has 1 aromatic rings. The lowest BCUT2D eigenvalue weighted by Gasteiger charge is -2.32. The van der Waals surface area contributed by atoms with Gasteiger partial charge in [0.1, 0.15) is 5.69 Å². The van der Waals surface area contributed by atoms with E-state index in [9.17, 15) is 10.1 Å². The lowest BCUT2D eigenvalue weighted by Crippen LogP contribution is -2.45. The number of benzene rings is 1. The zero-order valence-electron chi connectivity index (χ0n) is 11.7. The predicted octanol–water partition coefficient (Wildman–Crippen LogP) is 0.836. The van der Waals surface area contributed by atoms with E-state index in [0.717, 1.165) is 45.0 Å². The summed E-state index contributed by atoms with van der Waals surface area (Å²) >= 11 is 0. The van der Waals surface area contributed by atoms with Gasteiger partial charge in [-0.05, 0) is 19.2 Å². The molecule has 20 heavy (non-hydrogen) atoms. The summed E-state index contributed by atoms with van der Waals surface area (Å²) in [5, 5.41) is 13.9. The summed E-state index contributed by atoms with van der Waals surface area (Å²) < 4.78 is 0. The molecule has 7 heteroatoms. The molecule has 1 heterocycles. The minimum Gasteiger partial charge on any atom is -0.393 e. The molecule has 0 aliphatic carbocycles. The number of hydrogen-bond donors (Lipinski definition) is 2. The van der Waals surface area contributed by atoms with Gasteiger partial charge in [0.2, 0.25) is 0 Å². The Labute approximate surface area is 118 Å². The first kappa shape index (κ1) is 14.5. The van der Waals surface area contributed by atoms with Crippen molar-refractivity contribution in [3.05, 3.63) is 28.3 Å². The number of nitrogens with zero attached hydrogens (tertiary/aromatic N) is 3. The Morgan fingerprint density at radius 3 is 2.65 bits per heavy atom. The Hall–Kier alpha value is -1.86. The van der Waals surface area contributed by atoms with Gasteiger partial charge in [-0.1, -0.05) is 0 Å². The highest BCUT2D eigenvalue weighted by atomic mass is 16.6. The molecule has 1 aliphatic rings. The topological polar surface area (TPSA) is 87.7 Å². The number of nitro benzene ring substituents is 1. The quantitative estimate of drug-likeness (QED) is 0.472. The van der Waals surface area contributed by atoms with Crippen molar-refractivity contribution in [3.63, 3.8) is 0 Å². The van der Waals surface area contributed by atoms with Crippen molar-refractivity contribution in [1.29, 1.82) is 0 Å². The number of nitrogens with one attached hydrogen (secondary N) is 1. The monoisotopic (exact) mass is 279 g/mol. The van der Waals surface area contributed by atoms with Crippen molar-refractivity contribution in [3.8, 4) is 0 Å². The highest BCUT2D eigenvalue weighted by Gasteiger charge is 2.13. The van der Waals surface area contributed by atoms with Gasteiger partial charge in [-0.3, -0.25) is 15.0 Å². The van der Waals surface area contributed by atoms with Crippen LogP contribution in [0.2, 0.25) is 0 Å². The van der Waals surface area contributed by atoms with E-state index >= 15 is 0 Å². The van der Waals surface area contributed by atoms with E-state index in [0.29, 0.717) is 0 Å². The smallest absolute Gasteiger partial charge is 0.292 e. The number of nitrogens with two attached hydrogens (primary N) is 1. The van der Waals surface area contributed by atoms with Crippen LogP contribution in [0.15, 0.2) is 18.2 Å². The SMILES string of the molecule is CN1CCN(CCNc2ccc([N+](=O)[O-])c(N)c2)CC1. The van der Waals surface area contributed by atoms with Crippen LogP contribution in [-0.2, 0) is 0 Å². The number of hydrogen-bond acceptors (Lipinski definition) is 6. The molecule has 1 saturated heterocycles. The van der Waals surface area contributed by atoms with Crippen LogP contribution in [0, 0.1) is 10.1 Å². The number of nitro groups is 1. The van der Waals surface area contributed by atoms with Crippen LogP contribution in [0.4, 0.5) is 17.1 Å². The van der Waals surface area contributed by atoms with E-state index in [1.165, 1.54) is 6.07 Å². The molecule has 1 fully saturated rings. The Bertz CT molecular complexity index is 472. The Morgan fingerprint density at radius 1 is 1.35 bits per heavy atom. The number of nitrogen functional groups attached to an aromatic ring is 1. The van der Waals surface area contributed by atoms with Crippen LogP contribution in [-0.4, -0.2) is 61.0 Å². The van der Waals surface area contributed by atoms with Crippen LogP contribution in [0.25, 0.3) is 0 Å². The van der Waals surface area contributed by atoms with Crippen LogP contribution in [0.5, 0.6) is 0 Å². The molecule has 0 radical (unpaired) electrons. The second-order valence-electron chi connectivity index (χ2n) is 5.10. The molecule has 1 aromatic carbocycles. The molecule has 2 rings (SSSR count). The maximum absolute atomic E-state index is 10.7. The molecule has 0 unspecified atom stereocenters. The number of piperazine rings is 1. The van der Waals surface area contributed by atoms with Crippen LogP contribution >= 0.6 is 0 Å². The molecule has 1 aliphatic heterocycles. The van der Waals surface area contributed by atoms with Gasteiger partial charge >= 0.3 is 0 Å². The van der Waals surface area contributed by atoms with E-state index in [2.05, 4.69) is 22.2 Å². The summed E-state index contributed by atoms with van der Waals surface area (Å²) in [5.41, 5.74) is 6.62. The molecule has 0 atom stereocenters. The Morgan fingerprint density at radius 2 is 2.05 bits per heavy atom. The van der Waals surface area contributed by atoms with Crippen molar-refractivity contribution in [1.82, 2.24) is 9.80 Å². The third-order valence-electron chi connectivity index (χ3n) is 3.58. The zero-order valence-corrected chi connectivity index (χ0v) is 11.7. The summed E-state index contributed by atoms with van der Waals surface area (Å²) in [5.74, 6) is 0. The van der Waals surface area contributed by atoms with Gasteiger partial charge in [0.15, 0.2) is 0 Å². The minimum atomic E-state index is -0.469. The van der Waals surface area contributed by atoms with E-state index in [1.54, 1.807) is 12.1 Å². The third kappa shape index (κ3) is 3.82. The largest absolute Gasteiger partial charge is 0.393 e. The minimum absolute atomic E-state index is 0.0467. The maximum Gasteiger partial charge on any atom is 0.292 e. The average Bonchev–Trinajstić information content (AvgIpc) is 2.41. The first-order valence-corrected chi connectivity index (χ1v) is 6.75. The first-order valence-electron chi connectivity index (χ1n) is 6.75. The molecule has 0 bridgehead atoms. The number of likely N-dealkylation sites (N-methyl/N-ethyl adjacent to an activating group) is 1. The van der Waals surface area contributed by atoms with Crippen LogP contribution < -0.4 is 11.1 Å². The van der Waals surface area contributed by atoms with Crippen molar-refractivity contribution in [2.75, 3.05) is 57.4 Å². The molecule has 3 N–H and O–H groups in total. The fourth-order valence-electron chi connectivity index (χ4n) is 2.26. The van der Waals surface area contributed by atoms with Gasteiger partial charge in [0.25, 0.3) is 5.69 Å². The molecule has 110 valence electrons. The standard InChI is InChI=1S/C13H21N5O2/c1-16-6-8-17(9-7-16)5-4-15-11-2-3-13(18(19)20)12(14)10-11/h2-3,10,15H,4-9,14H2,1H3. The average molecular weight is 279 g/mol. The van der Waals surface area contributed by atoms with Crippen LogP contribution in [0.1, 0.15) is 0 Å². The van der Waals surface area contributed by atoms with Crippen molar-refractivity contribution < 1.29 is 4.92 Å². The number of anilines is 2. The number of rotatable bonds is 5. The fourth-order valence-corrected chi connectivity index (χ4v) is 2.26. The molecule has 0 spiro atoms. The van der Waals surface area contributed by atoms with E-state index in [1.807, 2.05) is 0 Å². The molecular weight excluding hydrogens is 258 g/mol. The van der Waals surface area contributed by atoms with E-state index < -0.39 is 4.92 Å². The summed E-state index contributed by atoms with van der Waals surface area (Å²) in [6, 6.07) is 4.74. The molecule has 0 saturated carbocycles. The van der Waals surface area contributed by atoms with Crippen molar-refractivity contribution in [2.24, 2.45) is 0 Å². The van der Waals surface area contributed by atoms with E-state index in [-0.39, 0.29) is 11.4 Å². The molecule has 7 nitrogen and oxygen atoms in total. The van der Waals surface area contributed by atoms with Gasteiger partial charge in [0, 0.05) is 51.0 Å². The summed E-state index contributed by atoms with van der Waals surface area (Å²) in [6.07, 6.45) is 0. The second kappa shape index (κ2) is 6.53. The Kier molecular flexibility index (Phi) is 4.75. The molecule has 0 amide bonds. The van der Waals surface area contributed by atoms with Gasteiger partial charge in [-0.15, -0.1) is 0 Å². The van der Waals surface area contributed by atoms with Crippen molar-refractivity contribution in [2.45, 2.75) is 0 Å². The summed E-state index contributed by atoms with van der Waals surface area (Å²) in [7, 11) is 2.13.